The fraction of sp³-hybridized carbons (Fsp3) is 1.00. The highest BCUT2D eigenvalue weighted by Crippen LogP contribution is 2.66. The predicted octanol–water partition coefficient (Wildman–Crippen LogP) is 3.44. The summed E-state index contributed by atoms with van der Waals surface area (Å²) >= 11 is 6.33. The largest absolute Gasteiger partial charge is 0.122 e. The van der Waals surface area contributed by atoms with Gasteiger partial charge in [-0.1, -0.05) is 20.8 Å². The van der Waals surface area contributed by atoms with Crippen molar-refractivity contribution in [1.82, 2.24) is 0 Å². The molecule has 0 aromatic carbocycles. The Morgan fingerprint density at radius 3 is 2.09 bits per heavy atom. The van der Waals surface area contributed by atoms with E-state index in [1.807, 2.05) is 0 Å². The van der Waals surface area contributed by atoms with Crippen molar-refractivity contribution in [3.63, 3.8) is 0 Å². The predicted molar refractivity (Wildman–Crippen MR) is 48.9 cm³/mol. The smallest absolute Gasteiger partial charge is 0.0397 e. The lowest BCUT2D eigenvalue weighted by Crippen LogP contribution is -2.32. The lowest BCUT2D eigenvalue weighted by atomic mass is 9.71. The quantitative estimate of drug-likeness (QED) is 0.491. The van der Waals surface area contributed by atoms with Crippen LogP contribution in [-0.4, -0.2) is 5.38 Å². The van der Waals surface area contributed by atoms with E-state index in [9.17, 15) is 0 Å². The summed E-state index contributed by atoms with van der Waals surface area (Å²) in [6, 6.07) is 0. The van der Waals surface area contributed by atoms with E-state index in [1.54, 1.807) is 0 Å². The molecule has 2 aliphatic carbocycles. The van der Waals surface area contributed by atoms with E-state index in [0.717, 1.165) is 5.92 Å². The molecule has 2 unspecified atom stereocenters. The standard InChI is InChI=1S/C10H17Cl/c1-9(2)7-4-5-10(9,3)8(11)6-7/h7-8H,4-6H2,1-3H3/t7?,8-,10?/m1/s1. The van der Waals surface area contributed by atoms with Gasteiger partial charge in [0.25, 0.3) is 0 Å². The first kappa shape index (κ1) is 7.91. The molecule has 11 heavy (non-hydrogen) atoms. The van der Waals surface area contributed by atoms with E-state index >= 15 is 0 Å². The molecule has 3 atom stereocenters. The third-order valence-corrected chi connectivity index (χ3v) is 5.35. The Morgan fingerprint density at radius 2 is 1.91 bits per heavy atom. The van der Waals surface area contributed by atoms with Gasteiger partial charge < -0.3 is 0 Å². The average molecular weight is 173 g/mol. The summed E-state index contributed by atoms with van der Waals surface area (Å²) in [6.45, 7) is 7.16. The van der Waals surface area contributed by atoms with Crippen LogP contribution in [-0.2, 0) is 0 Å². The van der Waals surface area contributed by atoms with Gasteiger partial charge in [-0.3, -0.25) is 0 Å². The molecule has 0 spiro atoms. The molecule has 0 amide bonds. The second-order valence-corrected chi connectivity index (χ2v) is 5.60. The number of alkyl halides is 1. The van der Waals surface area contributed by atoms with E-state index in [-0.39, 0.29) is 0 Å². The number of rotatable bonds is 0. The molecule has 2 bridgehead atoms. The maximum atomic E-state index is 6.33. The van der Waals surface area contributed by atoms with E-state index in [0.29, 0.717) is 16.2 Å². The van der Waals surface area contributed by atoms with Gasteiger partial charge in [-0.15, -0.1) is 11.6 Å². The van der Waals surface area contributed by atoms with Crippen molar-refractivity contribution >= 4 is 11.6 Å². The van der Waals surface area contributed by atoms with Gasteiger partial charge in [0.2, 0.25) is 0 Å². The Labute approximate surface area is 74.3 Å². The zero-order chi connectivity index (χ0) is 8.28. The number of fused-ring (bicyclic) bond motifs is 2. The van der Waals surface area contributed by atoms with E-state index in [1.165, 1.54) is 19.3 Å². The summed E-state index contributed by atoms with van der Waals surface area (Å²) in [7, 11) is 0. The summed E-state index contributed by atoms with van der Waals surface area (Å²) in [5.74, 6) is 0.898. The number of halogens is 1. The highest BCUT2D eigenvalue weighted by molar-refractivity contribution is 6.21. The van der Waals surface area contributed by atoms with Crippen LogP contribution in [0.2, 0.25) is 0 Å². The summed E-state index contributed by atoms with van der Waals surface area (Å²) in [5.41, 5.74) is 0.929. The van der Waals surface area contributed by atoms with Crippen molar-refractivity contribution in [2.75, 3.05) is 0 Å². The minimum Gasteiger partial charge on any atom is -0.122 e. The lowest BCUT2D eigenvalue weighted by molar-refractivity contribution is 0.155. The minimum absolute atomic E-state index is 0.430. The molecule has 0 aliphatic heterocycles. The first-order chi connectivity index (χ1) is 4.98. The lowest BCUT2D eigenvalue weighted by Gasteiger charge is -2.36. The molecule has 0 N–H and O–H groups in total. The molecule has 0 nitrogen and oxygen atoms in total. The van der Waals surface area contributed by atoms with Crippen LogP contribution in [0.25, 0.3) is 0 Å². The van der Waals surface area contributed by atoms with Gasteiger partial charge in [0.15, 0.2) is 0 Å². The Kier molecular flexibility index (Phi) is 1.41. The van der Waals surface area contributed by atoms with Crippen molar-refractivity contribution in [2.45, 2.75) is 45.4 Å². The fourth-order valence-electron chi connectivity index (χ4n) is 3.11. The summed E-state index contributed by atoms with van der Waals surface area (Å²) < 4.78 is 0. The second-order valence-electron chi connectivity index (χ2n) is 5.08. The van der Waals surface area contributed by atoms with Crippen molar-refractivity contribution < 1.29 is 0 Å². The molecule has 64 valence electrons. The highest BCUT2D eigenvalue weighted by atomic mass is 35.5. The Morgan fingerprint density at radius 1 is 1.27 bits per heavy atom. The molecule has 0 aromatic rings. The topological polar surface area (TPSA) is 0 Å². The molecular weight excluding hydrogens is 156 g/mol. The van der Waals surface area contributed by atoms with Gasteiger partial charge >= 0.3 is 0 Å². The van der Waals surface area contributed by atoms with Gasteiger partial charge in [0.1, 0.15) is 0 Å². The SMILES string of the molecule is CC1(C)C2CCC1(C)[C@H](Cl)C2. The Bertz CT molecular complexity index is 185. The molecule has 0 saturated heterocycles. The van der Waals surface area contributed by atoms with Crippen LogP contribution >= 0.6 is 11.6 Å². The average Bonchev–Trinajstić information content (AvgIpc) is 2.20. The van der Waals surface area contributed by atoms with Crippen LogP contribution in [0.3, 0.4) is 0 Å². The molecule has 0 heterocycles. The van der Waals surface area contributed by atoms with Crippen molar-refractivity contribution in [3.8, 4) is 0 Å². The molecule has 2 aliphatic rings. The molecule has 0 aromatic heterocycles. The number of hydrogen-bond acceptors (Lipinski definition) is 0. The van der Waals surface area contributed by atoms with E-state index in [4.69, 9.17) is 11.6 Å². The van der Waals surface area contributed by atoms with Crippen molar-refractivity contribution in [3.05, 3.63) is 0 Å². The second kappa shape index (κ2) is 1.96. The van der Waals surface area contributed by atoms with Gasteiger partial charge in [-0.05, 0) is 36.0 Å². The Balaban J connectivity index is 2.40. The summed E-state index contributed by atoms with van der Waals surface area (Å²) in [5, 5.41) is 0.441. The molecule has 2 fully saturated rings. The monoisotopic (exact) mass is 172 g/mol. The molecule has 2 saturated carbocycles. The molecule has 0 radical (unpaired) electrons. The zero-order valence-electron chi connectivity index (χ0n) is 7.65. The van der Waals surface area contributed by atoms with Crippen LogP contribution in [0.15, 0.2) is 0 Å². The van der Waals surface area contributed by atoms with Crippen LogP contribution in [0.1, 0.15) is 40.0 Å². The van der Waals surface area contributed by atoms with Crippen molar-refractivity contribution in [1.29, 1.82) is 0 Å². The first-order valence-electron chi connectivity index (χ1n) is 4.62. The zero-order valence-corrected chi connectivity index (χ0v) is 8.41. The van der Waals surface area contributed by atoms with Crippen LogP contribution < -0.4 is 0 Å². The maximum Gasteiger partial charge on any atom is 0.0397 e. The number of hydrogen-bond donors (Lipinski definition) is 0. The van der Waals surface area contributed by atoms with Crippen LogP contribution in [0.5, 0.6) is 0 Å². The molecule has 2 rings (SSSR count). The van der Waals surface area contributed by atoms with Gasteiger partial charge in [-0.2, -0.15) is 0 Å². The van der Waals surface area contributed by atoms with Crippen LogP contribution in [0.4, 0.5) is 0 Å². The summed E-state index contributed by atoms with van der Waals surface area (Å²) in [4.78, 5) is 0. The Hall–Kier alpha value is 0.290. The highest BCUT2D eigenvalue weighted by Gasteiger charge is 2.60. The van der Waals surface area contributed by atoms with Gasteiger partial charge in [0.05, 0.1) is 0 Å². The normalized spacial score (nSPS) is 53.5. The van der Waals surface area contributed by atoms with Gasteiger partial charge in [0, 0.05) is 5.38 Å². The molecular formula is C10H17Cl. The molecule has 1 heteroatoms. The van der Waals surface area contributed by atoms with Gasteiger partial charge in [-0.25, -0.2) is 0 Å². The van der Waals surface area contributed by atoms with Crippen molar-refractivity contribution in [2.24, 2.45) is 16.7 Å². The fourth-order valence-corrected chi connectivity index (χ4v) is 3.71. The first-order valence-corrected chi connectivity index (χ1v) is 5.06. The third-order valence-electron chi connectivity index (χ3n) is 4.69. The van der Waals surface area contributed by atoms with Crippen LogP contribution in [0, 0.1) is 16.7 Å². The summed E-state index contributed by atoms with van der Waals surface area (Å²) in [6.07, 6.45) is 4.01. The van der Waals surface area contributed by atoms with E-state index < -0.39 is 0 Å². The maximum absolute atomic E-state index is 6.33. The minimum atomic E-state index is 0.430. The van der Waals surface area contributed by atoms with E-state index in [2.05, 4.69) is 20.8 Å². The third kappa shape index (κ3) is 0.722.